The average Bonchev–Trinajstić information content (AvgIpc) is 3.39. The highest BCUT2D eigenvalue weighted by atomic mass is 79.9. The smallest absolute Gasteiger partial charge is 0.226 e. The van der Waals surface area contributed by atoms with E-state index in [-0.39, 0.29) is 18.0 Å². The van der Waals surface area contributed by atoms with E-state index >= 15 is 0 Å². The van der Waals surface area contributed by atoms with Crippen molar-refractivity contribution in [3.8, 4) is 5.69 Å². The van der Waals surface area contributed by atoms with Gasteiger partial charge in [-0.3, -0.25) is 9.78 Å². The van der Waals surface area contributed by atoms with E-state index in [4.69, 9.17) is 12.2 Å². The van der Waals surface area contributed by atoms with E-state index in [1.807, 2.05) is 61.5 Å². The highest BCUT2D eigenvalue weighted by molar-refractivity contribution is 9.10. The van der Waals surface area contributed by atoms with Crippen LogP contribution in [0.2, 0.25) is 0 Å². The van der Waals surface area contributed by atoms with Gasteiger partial charge in [-0.2, -0.15) is 0 Å². The van der Waals surface area contributed by atoms with Crippen molar-refractivity contribution in [2.24, 2.45) is 0 Å². The van der Waals surface area contributed by atoms with Crippen LogP contribution in [0.4, 0.5) is 5.69 Å². The zero-order valence-corrected chi connectivity index (χ0v) is 24.0. The van der Waals surface area contributed by atoms with Crippen LogP contribution in [0.25, 0.3) is 5.69 Å². The molecule has 2 aromatic heterocycles. The van der Waals surface area contributed by atoms with Gasteiger partial charge in [0, 0.05) is 40.7 Å². The second-order valence-electron chi connectivity index (χ2n) is 9.60. The summed E-state index contributed by atoms with van der Waals surface area (Å²) in [4.78, 5) is 19.7. The van der Waals surface area contributed by atoms with Crippen molar-refractivity contribution < 1.29 is 4.79 Å². The fourth-order valence-corrected chi connectivity index (χ4v) is 5.95. The molecule has 38 heavy (non-hydrogen) atoms. The van der Waals surface area contributed by atoms with Crippen LogP contribution in [0, 0.1) is 20.8 Å². The molecule has 1 amide bonds. The predicted octanol–water partition coefficient (Wildman–Crippen LogP) is 6.56. The number of aryl methyl sites for hydroxylation is 2. The van der Waals surface area contributed by atoms with Gasteiger partial charge >= 0.3 is 0 Å². The van der Waals surface area contributed by atoms with E-state index in [0.717, 1.165) is 44.1 Å². The summed E-state index contributed by atoms with van der Waals surface area (Å²) >= 11 is 9.55. The third kappa shape index (κ3) is 5.24. The molecule has 3 heterocycles. The predicted molar refractivity (Wildman–Crippen MR) is 160 cm³/mol. The Hall–Kier alpha value is -3.49. The summed E-state index contributed by atoms with van der Waals surface area (Å²) in [6.07, 6.45) is 2.11. The molecule has 2 atom stereocenters. The largest absolute Gasteiger partial charge is 0.352 e. The topological polar surface area (TPSA) is 62.2 Å². The number of hydrogen-bond donors (Lipinski definition) is 2. The Kier molecular flexibility index (Phi) is 7.63. The summed E-state index contributed by atoms with van der Waals surface area (Å²) in [7, 11) is 0. The van der Waals surface area contributed by atoms with Crippen LogP contribution in [-0.2, 0) is 4.79 Å². The number of para-hydroxylation sites is 1. The summed E-state index contributed by atoms with van der Waals surface area (Å²) in [6.45, 7) is 6.77. The van der Waals surface area contributed by atoms with Gasteiger partial charge in [-0.1, -0.05) is 35.9 Å². The van der Waals surface area contributed by atoms with Gasteiger partial charge < -0.3 is 20.1 Å². The molecule has 2 N–H and O–H groups in total. The number of aromatic nitrogens is 2. The molecule has 8 heteroatoms. The van der Waals surface area contributed by atoms with E-state index in [1.165, 1.54) is 0 Å². The highest BCUT2D eigenvalue weighted by Crippen LogP contribution is 2.42. The second kappa shape index (κ2) is 11.1. The highest BCUT2D eigenvalue weighted by Gasteiger charge is 2.41. The maximum absolute atomic E-state index is 12.9. The quantitative estimate of drug-likeness (QED) is 0.240. The fourth-order valence-electron chi connectivity index (χ4n) is 5.16. The van der Waals surface area contributed by atoms with Gasteiger partial charge in [0.15, 0.2) is 5.11 Å². The standard InChI is InChI=1S/C30H30BrN5OS/c1-19-11-13-22(14-12-19)33-27(37)15-17-35-29(28(34-30(35)38)25-9-6-7-16-32-25)23-18-20(2)36(21(23)3)26-10-5-4-8-24(26)31/h4-14,16,18,28-29H,15,17H2,1-3H3,(H,33,37)(H,34,38)/t28-,29-/m1/s1. The molecule has 4 aromatic rings. The number of nitrogens with one attached hydrogen (secondary N) is 2. The number of hydrogen-bond acceptors (Lipinski definition) is 3. The Morgan fingerprint density at radius 3 is 2.50 bits per heavy atom. The number of benzene rings is 2. The van der Waals surface area contributed by atoms with Gasteiger partial charge in [-0.25, -0.2) is 0 Å². The Morgan fingerprint density at radius 1 is 1.05 bits per heavy atom. The van der Waals surface area contributed by atoms with E-state index in [1.54, 1.807) is 6.20 Å². The molecule has 6 nitrogen and oxygen atoms in total. The number of anilines is 1. The molecular weight excluding hydrogens is 558 g/mol. The zero-order chi connectivity index (χ0) is 26.8. The van der Waals surface area contributed by atoms with Gasteiger partial charge in [0.05, 0.1) is 23.5 Å². The maximum Gasteiger partial charge on any atom is 0.226 e. The third-order valence-electron chi connectivity index (χ3n) is 7.00. The number of carbonyl (C=O) groups excluding carboxylic acids is 1. The third-order valence-corrected chi connectivity index (χ3v) is 8.02. The summed E-state index contributed by atoms with van der Waals surface area (Å²) in [6, 6.07) is 23.9. The molecular formula is C30H30BrN5OS. The molecule has 0 spiro atoms. The Labute approximate surface area is 237 Å². The SMILES string of the molecule is Cc1ccc(NC(=O)CCN2C(=S)N[C@H](c3ccccn3)[C@H]2c2cc(C)n(-c3ccccc3Br)c2C)cc1. The van der Waals surface area contributed by atoms with E-state index in [2.05, 4.69) is 73.1 Å². The molecule has 0 bridgehead atoms. The molecule has 0 aliphatic carbocycles. The zero-order valence-electron chi connectivity index (χ0n) is 21.6. The molecule has 0 radical (unpaired) electrons. The van der Waals surface area contributed by atoms with Crippen molar-refractivity contribution in [3.05, 3.63) is 112 Å². The maximum atomic E-state index is 12.9. The number of carbonyl (C=O) groups is 1. The molecule has 1 aliphatic rings. The van der Waals surface area contributed by atoms with Crippen molar-refractivity contribution >= 4 is 44.9 Å². The molecule has 1 saturated heterocycles. The molecule has 1 fully saturated rings. The minimum absolute atomic E-state index is 0.0459. The first-order valence-corrected chi connectivity index (χ1v) is 13.8. The van der Waals surface area contributed by atoms with Crippen LogP contribution in [0.1, 0.15) is 46.7 Å². The van der Waals surface area contributed by atoms with Gasteiger partial charge in [-0.15, -0.1) is 0 Å². The minimum Gasteiger partial charge on any atom is -0.352 e. The fraction of sp³-hybridized carbons (Fsp3) is 0.233. The van der Waals surface area contributed by atoms with Gasteiger partial charge in [0.25, 0.3) is 0 Å². The van der Waals surface area contributed by atoms with Crippen LogP contribution in [-0.4, -0.2) is 32.0 Å². The molecule has 2 aromatic carbocycles. The second-order valence-corrected chi connectivity index (χ2v) is 10.8. The normalized spacial score (nSPS) is 16.9. The lowest BCUT2D eigenvalue weighted by atomic mass is 9.96. The van der Waals surface area contributed by atoms with Crippen LogP contribution in [0.5, 0.6) is 0 Å². The van der Waals surface area contributed by atoms with Crippen LogP contribution in [0.3, 0.4) is 0 Å². The van der Waals surface area contributed by atoms with Crippen LogP contribution >= 0.6 is 28.1 Å². The lowest BCUT2D eigenvalue weighted by Gasteiger charge is -2.28. The van der Waals surface area contributed by atoms with Crippen LogP contribution < -0.4 is 10.6 Å². The monoisotopic (exact) mass is 587 g/mol. The Bertz CT molecular complexity index is 1470. The molecule has 1 aliphatic heterocycles. The number of halogens is 1. The summed E-state index contributed by atoms with van der Waals surface area (Å²) in [5.41, 5.74) is 7.35. The van der Waals surface area contributed by atoms with Crippen molar-refractivity contribution in [1.82, 2.24) is 19.8 Å². The Balaban J connectivity index is 1.47. The minimum atomic E-state index is -0.142. The van der Waals surface area contributed by atoms with Crippen molar-refractivity contribution in [3.63, 3.8) is 0 Å². The van der Waals surface area contributed by atoms with Gasteiger partial charge in [0.1, 0.15) is 0 Å². The average molecular weight is 589 g/mol. The number of rotatable bonds is 7. The summed E-state index contributed by atoms with van der Waals surface area (Å²) in [5, 5.41) is 7.13. The molecule has 5 rings (SSSR count). The number of amides is 1. The first kappa shape index (κ1) is 26.1. The van der Waals surface area contributed by atoms with E-state index in [0.29, 0.717) is 18.1 Å². The molecule has 194 valence electrons. The van der Waals surface area contributed by atoms with Crippen LogP contribution in [0.15, 0.2) is 83.5 Å². The first-order valence-electron chi connectivity index (χ1n) is 12.6. The van der Waals surface area contributed by atoms with Gasteiger partial charge in [-0.05, 0) is 96.9 Å². The lowest BCUT2D eigenvalue weighted by Crippen LogP contribution is -2.32. The van der Waals surface area contributed by atoms with Gasteiger partial charge in [0.2, 0.25) is 5.91 Å². The van der Waals surface area contributed by atoms with Crippen molar-refractivity contribution in [1.29, 1.82) is 0 Å². The molecule has 0 saturated carbocycles. The number of pyridine rings is 1. The summed E-state index contributed by atoms with van der Waals surface area (Å²) in [5.74, 6) is -0.0459. The van der Waals surface area contributed by atoms with Crippen molar-refractivity contribution in [2.75, 3.05) is 11.9 Å². The van der Waals surface area contributed by atoms with E-state index in [9.17, 15) is 4.79 Å². The van der Waals surface area contributed by atoms with Crippen molar-refractivity contribution in [2.45, 2.75) is 39.3 Å². The molecule has 0 unspecified atom stereocenters. The summed E-state index contributed by atoms with van der Waals surface area (Å²) < 4.78 is 3.29. The van der Waals surface area contributed by atoms with E-state index < -0.39 is 0 Å². The number of nitrogens with zero attached hydrogens (tertiary/aromatic N) is 3. The number of thiocarbonyl (C=S) groups is 1. The Morgan fingerprint density at radius 2 is 1.79 bits per heavy atom. The lowest BCUT2D eigenvalue weighted by molar-refractivity contribution is -0.116. The first-order chi connectivity index (χ1) is 18.3.